The quantitative estimate of drug-likeness (QED) is 0.372. The Kier molecular flexibility index (Phi) is 6.92. The van der Waals surface area contributed by atoms with Crippen LogP contribution in [0.4, 0.5) is 0 Å². The molecule has 4 rings (SSSR count). The summed E-state index contributed by atoms with van der Waals surface area (Å²) in [6.07, 6.45) is 0. The minimum atomic E-state index is -4.20. The number of aryl methyl sites for hydroxylation is 2. The molecule has 0 fully saturated rings. The monoisotopic (exact) mass is 497 g/mol. The van der Waals surface area contributed by atoms with Crippen LogP contribution in [-0.2, 0) is 26.2 Å². The van der Waals surface area contributed by atoms with Crippen molar-refractivity contribution in [3.05, 3.63) is 82.9 Å². The van der Waals surface area contributed by atoms with Gasteiger partial charge in [0.1, 0.15) is 10.5 Å². The molecule has 35 heavy (non-hydrogen) atoms. The van der Waals surface area contributed by atoms with E-state index in [4.69, 9.17) is 18.4 Å². The average molecular weight is 498 g/mol. The summed E-state index contributed by atoms with van der Waals surface area (Å²) in [5, 5.41) is 2.64. The van der Waals surface area contributed by atoms with Gasteiger partial charge < -0.3 is 23.7 Å². The van der Waals surface area contributed by atoms with Crippen LogP contribution in [0.5, 0.6) is 17.2 Å². The summed E-state index contributed by atoms with van der Waals surface area (Å²) in [6, 6.07) is 16.0. The molecule has 1 N–H and O–H groups in total. The van der Waals surface area contributed by atoms with Crippen LogP contribution in [0.2, 0.25) is 0 Å². The van der Waals surface area contributed by atoms with Crippen LogP contribution in [0.15, 0.2) is 65.6 Å². The lowest BCUT2D eigenvalue weighted by Gasteiger charge is -2.13. The first-order valence-electron chi connectivity index (χ1n) is 10.7. The van der Waals surface area contributed by atoms with Crippen LogP contribution in [0.1, 0.15) is 27.0 Å². The van der Waals surface area contributed by atoms with E-state index in [0.29, 0.717) is 17.1 Å². The van der Waals surface area contributed by atoms with Gasteiger partial charge in [0.15, 0.2) is 23.9 Å². The molecule has 0 bridgehead atoms. The molecule has 0 saturated carbocycles. The molecule has 9 nitrogen and oxygen atoms in total. The van der Waals surface area contributed by atoms with Gasteiger partial charge in [0.05, 0.1) is 0 Å². The summed E-state index contributed by atoms with van der Waals surface area (Å²) < 4.78 is 46.6. The fourth-order valence-corrected chi connectivity index (χ4v) is 4.62. The minimum Gasteiger partial charge on any atom is -0.454 e. The summed E-state index contributed by atoms with van der Waals surface area (Å²) in [7, 11) is -4.20. The van der Waals surface area contributed by atoms with E-state index in [9.17, 15) is 18.0 Å². The number of para-hydroxylation sites is 1. The number of amides is 1. The summed E-state index contributed by atoms with van der Waals surface area (Å²) in [4.78, 5) is 24.8. The Hall–Kier alpha value is -4.05. The fraction of sp³-hybridized carbons (Fsp3) is 0.200. The molecule has 1 heterocycles. The number of carbonyl (C=O) groups excluding carboxylic acids is 2. The Bertz CT molecular complexity index is 1380. The van der Waals surface area contributed by atoms with Gasteiger partial charge in [-0.15, -0.1) is 0 Å². The summed E-state index contributed by atoms with van der Waals surface area (Å²) in [5.41, 5.74) is 1.92. The van der Waals surface area contributed by atoms with E-state index in [1.54, 1.807) is 44.2 Å². The summed E-state index contributed by atoms with van der Waals surface area (Å²) in [5.74, 6) is -0.392. The predicted octanol–water partition coefficient (Wildman–Crippen LogP) is 3.27. The number of esters is 1. The summed E-state index contributed by atoms with van der Waals surface area (Å²) >= 11 is 0. The molecule has 1 amide bonds. The van der Waals surface area contributed by atoms with Gasteiger partial charge in [-0.25, -0.2) is 4.79 Å². The molecule has 0 aromatic heterocycles. The molecule has 1 aliphatic rings. The molecule has 0 unspecified atom stereocenters. The Morgan fingerprint density at radius 2 is 1.74 bits per heavy atom. The van der Waals surface area contributed by atoms with Crippen LogP contribution < -0.4 is 19.0 Å². The van der Waals surface area contributed by atoms with E-state index >= 15 is 0 Å². The van der Waals surface area contributed by atoms with Gasteiger partial charge in [-0.05, 0) is 60.9 Å². The maximum atomic E-state index is 12.9. The minimum absolute atomic E-state index is 0.00330. The second kappa shape index (κ2) is 10.1. The number of carbonyl (C=O) groups is 2. The highest BCUT2D eigenvalue weighted by atomic mass is 32.2. The molecule has 3 aromatic rings. The zero-order valence-corrected chi connectivity index (χ0v) is 19.9. The van der Waals surface area contributed by atoms with Crippen LogP contribution >= 0.6 is 0 Å². The standard InChI is InChI=1S/C25H23NO8S/c1-16-7-8-17(2)23(11-16)35(29,30)34-20-6-4-3-5-19(20)25(28)31-14-24(27)26-13-18-9-10-21-22(12-18)33-15-32-21/h3-12H,13-15H2,1-2H3,(H,26,27). The Morgan fingerprint density at radius 3 is 2.57 bits per heavy atom. The summed E-state index contributed by atoms with van der Waals surface area (Å²) in [6.45, 7) is 3.21. The third-order valence-corrected chi connectivity index (χ3v) is 6.56. The second-order valence-corrected chi connectivity index (χ2v) is 9.36. The van der Waals surface area contributed by atoms with Gasteiger partial charge in [0, 0.05) is 6.54 Å². The zero-order valence-electron chi connectivity index (χ0n) is 19.1. The maximum absolute atomic E-state index is 12.9. The number of hydrogen-bond acceptors (Lipinski definition) is 8. The van der Waals surface area contributed by atoms with Crippen LogP contribution in [0.3, 0.4) is 0 Å². The van der Waals surface area contributed by atoms with Crippen molar-refractivity contribution in [2.24, 2.45) is 0 Å². The lowest BCUT2D eigenvalue weighted by atomic mass is 10.2. The number of ether oxygens (including phenoxy) is 3. The smallest absolute Gasteiger partial charge is 0.342 e. The predicted molar refractivity (Wildman–Crippen MR) is 125 cm³/mol. The normalized spacial score (nSPS) is 12.2. The first-order chi connectivity index (χ1) is 16.7. The van der Waals surface area contributed by atoms with Crippen molar-refractivity contribution in [2.75, 3.05) is 13.4 Å². The van der Waals surface area contributed by atoms with Crippen molar-refractivity contribution in [2.45, 2.75) is 25.3 Å². The molecule has 1 aliphatic heterocycles. The molecule has 0 atom stereocenters. The van der Waals surface area contributed by atoms with Gasteiger partial charge in [0.25, 0.3) is 5.91 Å². The zero-order chi connectivity index (χ0) is 25.0. The van der Waals surface area contributed by atoms with E-state index in [1.807, 2.05) is 0 Å². The molecule has 0 aliphatic carbocycles. The molecule has 0 radical (unpaired) electrons. The van der Waals surface area contributed by atoms with E-state index in [0.717, 1.165) is 11.1 Å². The van der Waals surface area contributed by atoms with Crippen molar-refractivity contribution >= 4 is 22.0 Å². The van der Waals surface area contributed by atoms with Crippen molar-refractivity contribution in [3.8, 4) is 17.2 Å². The number of benzene rings is 3. The van der Waals surface area contributed by atoms with Crippen LogP contribution in [0.25, 0.3) is 0 Å². The SMILES string of the molecule is Cc1ccc(C)c(S(=O)(=O)Oc2ccccc2C(=O)OCC(=O)NCc2ccc3c(c2)OCO3)c1. The molecular formula is C25H23NO8S. The van der Waals surface area contributed by atoms with Gasteiger partial charge in [-0.2, -0.15) is 8.42 Å². The highest BCUT2D eigenvalue weighted by molar-refractivity contribution is 7.87. The Labute approximate surface area is 202 Å². The lowest BCUT2D eigenvalue weighted by Crippen LogP contribution is -2.28. The van der Waals surface area contributed by atoms with Crippen molar-refractivity contribution in [1.29, 1.82) is 0 Å². The Morgan fingerprint density at radius 1 is 0.971 bits per heavy atom. The van der Waals surface area contributed by atoms with E-state index in [2.05, 4.69) is 5.32 Å². The van der Waals surface area contributed by atoms with Gasteiger partial charge in [0.2, 0.25) is 6.79 Å². The number of fused-ring (bicyclic) bond motifs is 1. The van der Waals surface area contributed by atoms with Crippen molar-refractivity contribution in [3.63, 3.8) is 0 Å². The van der Waals surface area contributed by atoms with Gasteiger partial charge in [-0.1, -0.05) is 30.3 Å². The Balaban J connectivity index is 1.38. The van der Waals surface area contributed by atoms with E-state index in [1.165, 1.54) is 30.3 Å². The highest BCUT2D eigenvalue weighted by Crippen LogP contribution is 2.32. The first kappa shape index (κ1) is 24.1. The first-order valence-corrected chi connectivity index (χ1v) is 12.1. The maximum Gasteiger partial charge on any atom is 0.342 e. The number of nitrogens with one attached hydrogen (secondary N) is 1. The average Bonchev–Trinajstić information content (AvgIpc) is 3.30. The molecule has 3 aromatic carbocycles. The third-order valence-electron chi connectivity index (χ3n) is 5.18. The molecular weight excluding hydrogens is 474 g/mol. The molecule has 182 valence electrons. The van der Waals surface area contributed by atoms with E-state index < -0.39 is 28.6 Å². The molecule has 0 saturated heterocycles. The topological polar surface area (TPSA) is 117 Å². The number of rotatable bonds is 8. The second-order valence-electron chi connectivity index (χ2n) is 7.84. The number of hydrogen-bond donors (Lipinski definition) is 1. The van der Waals surface area contributed by atoms with Crippen molar-refractivity contribution < 1.29 is 36.4 Å². The third kappa shape index (κ3) is 5.72. The fourth-order valence-electron chi connectivity index (χ4n) is 3.36. The highest BCUT2D eigenvalue weighted by Gasteiger charge is 2.24. The molecule has 10 heteroatoms. The van der Waals surface area contributed by atoms with Gasteiger partial charge >= 0.3 is 16.1 Å². The van der Waals surface area contributed by atoms with Crippen LogP contribution in [-0.4, -0.2) is 33.7 Å². The lowest BCUT2D eigenvalue weighted by molar-refractivity contribution is -0.124. The molecule has 0 spiro atoms. The van der Waals surface area contributed by atoms with Gasteiger partial charge in [-0.3, -0.25) is 4.79 Å². The van der Waals surface area contributed by atoms with Crippen molar-refractivity contribution in [1.82, 2.24) is 5.32 Å². The van der Waals surface area contributed by atoms with Crippen LogP contribution in [0, 0.1) is 13.8 Å². The van der Waals surface area contributed by atoms with E-state index in [-0.39, 0.29) is 29.5 Å². The largest absolute Gasteiger partial charge is 0.454 e.